The molecule has 0 fully saturated rings. The monoisotopic (exact) mass is 301 g/mol. The first-order valence-corrected chi connectivity index (χ1v) is 5.53. The third-order valence-electron chi connectivity index (χ3n) is 2.16. The maximum absolute atomic E-state index is 10.6. The van der Waals surface area contributed by atoms with Crippen molar-refractivity contribution >= 4 is 22.0 Å². The number of halogens is 1. The minimum Gasteiger partial charge on any atom is -0.496 e. The molecular weight excluding hydrogens is 290 g/mol. The number of methoxy groups -OCH3 is 2. The maximum atomic E-state index is 10.6. The molecule has 0 aromatic heterocycles. The van der Waals surface area contributed by atoms with Crippen molar-refractivity contribution in [3.8, 4) is 11.5 Å². The molecular formula is C11H12BrNO4. The minimum atomic E-state index is -0.447. The number of hydrogen-bond acceptors (Lipinski definition) is 4. The Morgan fingerprint density at radius 3 is 2.41 bits per heavy atom. The van der Waals surface area contributed by atoms with Crippen molar-refractivity contribution in [2.45, 2.75) is 6.92 Å². The summed E-state index contributed by atoms with van der Waals surface area (Å²) in [5.74, 6) is 1.13. The van der Waals surface area contributed by atoms with Crippen molar-refractivity contribution < 1.29 is 14.4 Å². The second kappa shape index (κ2) is 5.67. The highest BCUT2D eigenvalue weighted by atomic mass is 79.9. The van der Waals surface area contributed by atoms with Gasteiger partial charge in [0.1, 0.15) is 11.5 Å². The van der Waals surface area contributed by atoms with Gasteiger partial charge in [-0.15, -0.1) is 0 Å². The van der Waals surface area contributed by atoms with Crippen molar-refractivity contribution in [2.75, 3.05) is 14.2 Å². The predicted octanol–water partition coefficient (Wildman–Crippen LogP) is 3.10. The fourth-order valence-corrected chi connectivity index (χ4v) is 1.80. The number of nitrogens with zero attached hydrogens (tertiary/aromatic N) is 1. The Morgan fingerprint density at radius 1 is 1.35 bits per heavy atom. The number of ether oxygens (including phenoxy) is 2. The van der Waals surface area contributed by atoms with E-state index < -0.39 is 4.92 Å². The average Bonchev–Trinajstić information content (AvgIpc) is 2.29. The van der Waals surface area contributed by atoms with Gasteiger partial charge >= 0.3 is 0 Å². The lowest BCUT2D eigenvalue weighted by atomic mass is 10.1. The summed E-state index contributed by atoms with van der Waals surface area (Å²) in [6.45, 7) is 1.43. The Morgan fingerprint density at radius 2 is 1.94 bits per heavy atom. The van der Waals surface area contributed by atoms with Crippen molar-refractivity contribution in [3.05, 3.63) is 38.0 Å². The zero-order valence-corrected chi connectivity index (χ0v) is 11.3. The standard InChI is InChI=1S/C11H12BrNO4/c1-7(13(14)15)4-8-5-9(12)11(17-3)6-10(8)16-2/h4-6H,1-3H3. The molecule has 0 aliphatic rings. The molecule has 1 aromatic rings. The molecule has 0 aliphatic carbocycles. The Bertz CT molecular complexity index is 471. The molecule has 0 spiro atoms. The first-order chi connectivity index (χ1) is 7.99. The highest BCUT2D eigenvalue weighted by molar-refractivity contribution is 9.10. The molecule has 0 atom stereocenters. The van der Waals surface area contributed by atoms with Gasteiger partial charge in [-0.2, -0.15) is 0 Å². The molecule has 92 valence electrons. The number of nitro groups is 1. The summed E-state index contributed by atoms with van der Waals surface area (Å²) in [4.78, 5) is 10.1. The molecule has 5 nitrogen and oxygen atoms in total. The summed E-state index contributed by atoms with van der Waals surface area (Å²) in [5.41, 5.74) is 0.662. The molecule has 17 heavy (non-hydrogen) atoms. The smallest absolute Gasteiger partial charge is 0.243 e. The van der Waals surface area contributed by atoms with Gasteiger partial charge < -0.3 is 9.47 Å². The first kappa shape index (κ1) is 13.5. The topological polar surface area (TPSA) is 61.6 Å². The van der Waals surface area contributed by atoms with E-state index in [2.05, 4.69) is 15.9 Å². The number of hydrogen-bond donors (Lipinski definition) is 0. The molecule has 6 heteroatoms. The highest BCUT2D eigenvalue weighted by Gasteiger charge is 2.11. The average molecular weight is 302 g/mol. The predicted molar refractivity (Wildman–Crippen MR) is 67.9 cm³/mol. The van der Waals surface area contributed by atoms with Crippen molar-refractivity contribution in [3.63, 3.8) is 0 Å². The number of allylic oxidation sites excluding steroid dienone is 1. The molecule has 0 amide bonds. The third-order valence-corrected chi connectivity index (χ3v) is 2.78. The highest BCUT2D eigenvalue weighted by Crippen LogP contribution is 2.33. The summed E-state index contributed by atoms with van der Waals surface area (Å²) in [6.07, 6.45) is 1.45. The molecule has 1 aromatic carbocycles. The normalized spacial score (nSPS) is 11.2. The molecule has 0 N–H and O–H groups in total. The molecule has 0 bridgehead atoms. The molecule has 1 rings (SSSR count). The van der Waals surface area contributed by atoms with E-state index in [1.807, 2.05) is 0 Å². The second-order valence-corrected chi connectivity index (χ2v) is 4.13. The largest absolute Gasteiger partial charge is 0.496 e. The lowest BCUT2D eigenvalue weighted by Crippen LogP contribution is -1.95. The van der Waals surface area contributed by atoms with Crippen LogP contribution in [0.3, 0.4) is 0 Å². The van der Waals surface area contributed by atoms with E-state index in [1.54, 1.807) is 12.1 Å². The molecule has 0 radical (unpaired) electrons. The molecule has 0 unspecified atom stereocenters. The van der Waals surface area contributed by atoms with Gasteiger partial charge in [-0.1, -0.05) is 0 Å². The second-order valence-electron chi connectivity index (χ2n) is 3.27. The third kappa shape index (κ3) is 3.20. The first-order valence-electron chi connectivity index (χ1n) is 4.73. The van der Waals surface area contributed by atoms with Crippen LogP contribution in [0.5, 0.6) is 11.5 Å². The van der Waals surface area contributed by atoms with Gasteiger partial charge in [-0.05, 0) is 22.0 Å². The number of rotatable bonds is 4. The molecule has 0 saturated carbocycles. The number of benzene rings is 1. The van der Waals surface area contributed by atoms with Crippen molar-refractivity contribution in [1.29, 1.82) is 0 Å². The van der Waals surface area contributed by atoms with Crippen molar-refractivity contribution in [2.24, 2.45) is 0 Å². The van der Waals surface area contributed by atoms with Crippen LogP contribution in [-0.4, -0.2) is 19.1 Å². The summed E-state index contributed by atoms with van der Waals surface area (Å²) < 4.78 is 11.0. The maximum Gasteiger partial charge on any atom is 0.243 e. The van der Waals surface area contributed by atoms with Gasteiger partial charge in [0.25, 0.3) is 0 Å². The fourth-order valence-electron chi connectivity index (χ4n) is 1.27. The Labute approximate surface area is 107 Å². The van der Waals surface area contributed by atoms with Gasteiger partial charge in [-0.25, -0.2) is 0 Å². The minimum absolute atomic E-state index is 0.0420. The van der Waals surface area contributed by atoms with Crippen LogP contribution in [0, 0.1) is 10.1 Å². The zero-order valence-electron chi connectivity index (χ0n) is 9.69. The van der Waals surface area contributed by atoms with E-state index in [-0.39, 0.29) is 5.70 Å². The summed E-state index contributed by atoms with van der Waals surface area (Å²) >= 11 is 3.32. The van der Waals surface area contributed by atoms with Crippen LogP contribution < -0.4 is 9.47 Å². The van der Waals surface area contributed by atoms with E-state index in [0.29, 0.717) is 21.5 Å². The van der Waals surface area contributed by atoms with Crippen LogP contribution in [0.2, 0.25) is 0 Å². The Hall–Kier alpha value is -1.56. The van der Waals surface area contributed by atoms with Crippen LogP contribution in [0.25, 0.3) is 6.08 Å². The quantitative estimate of drug-likeness (QED) is 0.633. The molecule has 0 saturated heterocycles. The molecule has 0 aliphatic heterocycles. The fraction of sp³-hybridized carbons (Fsp3) is 0.273. The van der Waals surface area contributed by atoms with E-state index in [4.69, 9.17) is 9.47 Å². The van der Waals surface area contributed by atoms with E-state index in [9.17, 15) is 10.1 Å². The Kier molecular flexibility index (Phi) is 4.51. The van der Waals surface area contributed by atoms with Gasteiger partial charge in [0.2, 0.25) is 5.70 Å². The van der Waals surface area contributed by atoms with Crippen LogP contribution in [-0.2, 0) is 0 Å². The van der Waals surface area contributed by atoms with Crippen LogP contribution >= 0.6 is 15.9 Å². The van der Waals surface area contributed by atoms with E-state index in [0.717, 1.165) is 0 Å². The summed E-state index contributed by atoms with van der Waals surface area (Å²) in [6, 6.07) is 3.38. The Balaban J connectivity index is 3.29. The van der Waals surface area contributed by atoms with Gasteiger partial charge in [0, 0.05) is 24.6 Å². The zero-order chi connectivity index (χ0) is 13.0. The van der Waals surface area contributed by atoms with Gasteiger partial charge in [-0.3, -0.25) is 10.1 Å². The van der Waals surface area contributed by atoms with Gasteiger partial charge in [0.05, 0.1) is 23.6 Å². The lowest BCUT2D eigenvalue weighted by molar-refractivity contribution is -0.422. The lowest BCUT2D eigenvalue weighted by Gasteiger charge is -2.09. The summed E-state index contributed by atoms with van der Waals surface area (Å²) in [5, 5.41) is 10.6. The van der Waals surface area contributed by atoms with E-state index >= 15 is 0 Å². The molecule has 0 heterocycles. The van der Waals surface area contributed by atoms with Gasteiger partial charge in [0.15, 0.2) is 0 Å². The SMILES string of the molecule is COc1cc(OC)c(C=C(C)[N+](=O)[O-])cc1Br. The summed E-state index contributed by atoms with van der Waals surface area (Å²) in [7, 11) is 3.04. The van der Waals surface area contributed by atoms with E-state index in [1.165, 1.54) is 27.2 Å². The van der Waals surface area contributed by atoms with Crippen LogP contribution in [0.4, 0.5) is 0 Å². The van der Waals surface area contributed by atoms with Crippen molar-refractivity contribution in [1.82, 2.24) is 0 Å². The van der Waals surface area contributed by atoms with Crippen LogP contribution in [0.15, 0.2) is 22.3 Å². The van der Waals surface area contributed by atoms with Crippen LogP contribution in [0.1, 0.15) is 12.5 Å².